The number of nitrogens with one attached hydrogen (secondary N) is 3. The summed E-state index contributed by atoms with van der Waals surface area (Å²) in [4.78, 5) is 62.0. The molecule has 0 bridgehead atoms. The van der Waals surface area contributed by atoms with Crippen LogP contribution < -0.4 is 16.2 Å². The molecule has 5 aromatic rings. The summed E-state index contributed by atoms with van der Waals surface area (Å²) in [5.41, 5.74) is 0.897. The Hall–Kier alpha value is -5.26. The molecule has 56 heavy (non-hydrogen) atoms. The number of nitrogens with zero attached hydrogens (tertiary/aromatic N) is 8. The van der Waals surface area contributed by atoms with Crippen LogP contribution in [-0.2, 0) is 27.8 Å². The lowest BCUT2D eigenvalue weighted by molar-refractivity contribution is -0.118. The lowest BCUT2D eigenvalue weighted by atomic mass is 10.1. The van der Waals surface area contributed by atoms with Gasteiger partial charge in [0, 0.05) is 24.3 Å². The van der Waals surface area contributed by atoms with Crippen molar-refractivity contribution in [1.29, 1.82) is 5.26 Å². The van der Waals surface area contributed by atoms with Crippen LogP contribution in [0.5, 0.6) is 0 Å². The first-order chi connectivity index (χ1) is 27.1. The predicted octanol–water partition coefficient (Wildman–Crippen LogP) is 3.71. The lowest BCUT2D eigenvalue weighted by Crippen LogP contribution is -2.24. The van der Waals surface area contributed by atoms with Gasteiger partial charge >= 0.3 is 8.60 Å². The van der Waals surface area contributed by atoms with Crippen LogP contribution in [0.4, 0.5) is 11.8 Å². The number of rotatable bonds is 15. The third-order valence-corrected chi connectivity index (χ3v) is 10.4. The summed E-state index contributed by atoms with van der Waals surface area (Å²) in [5.74, 6) is -0.809. The van der Waals surface area contributed by atoms with Crippen LogP contribution in [0.1, 0.15) is 69.3 Å². The summed E-state index contributed by atoms with van der Waals surface area (Å²) < 4.78 is 34.2. The molecule has 2 fully saturated rings. The van der Waals surface area contributed by atoms with E-state index in [1.165, 1.54) is 17.2 Å². The van der Waals surface area contributed by atoms with Crippen LogP contribution in [0.2, 0.25) is 0 Å². The Morgan fingerprint density at radius 2 is 1.84 bits per heavy atom. The first-order valence-electron chi connectivity index (χ1n) is 18.0. The molecule has 4 aromatic heterocycles. The van der Waals surface area contributed by atoms with Gasteiger partial charge in [0.05, 0.1) is 56.7 Å². The second-order valence-corrected chi connectivity index (χ2v) is 14.6. The highest BCUT2D eigenvalue weighted by Gasteiger charge is 2.41. The molecule has 0 spiro atoms. The molecule has 7 atom stereocenters. The molecule has 2 amide bonds. The number of H-pyrrole nitrogens is 1. The number of nitriles is 1. The Morgan fingerprint density at radius 3 is 2.61 bits per heavy atom. The number of carbonyl (C=O) groups excluding carboxylic acids is 2. The molecule has 6 heterocycles. The number of ether oxygens (including phenoxy) is 2. The van der Waals surface area contributed by atoms with Crippen molar-refractivity contribution in [2.24, 2.45) is 5.92 Å². The second-order valence-electron chi connectivity index (χ2n) is 13.4. The van der Waals surface area contributed by atoms with Crippen molar-refractivity contribution in [3.63, 3.8) is 0 Å². The Bertz CT molecular complexity index is 2280. The first kappa shape index (κ1) is 39.0. The summed E-state index contributed by atoms with van der Waals surface area (Å²) in [6, 6.07) is 10.8. The van der Waals surface area contributed by atoms with Gasteiger partial charge in [-0.1, -0.05) is 39.0 Å². The summed E-state index contributed by atoms with van der Waals surface area (Å²) >= 11 is 0. The number of fused-ring (bicyclic) bond motifs is 2. The zero-order valence-corrected chi connectivity index (χ0v) is 31.5. The molecule has 20 nitrogen and oxygen atoms in total. The summed E-state index contributed by atoms with van der Waals surface area (Å²) in [5, 5.41) is 25.6. The molecule has 0 saturated carbocycles. The maximum atomic E-state index is 12.8. The fourth-order valence-electron chi connectivity index (χ4n) is 6.31. The van der Waals surface area contributed by atoms with Crippen LogP contribution in [0.3, 0.4) is 0 Å². The molecule has 0 aliphatic carbocycles. The van der Waals surface area contributed by atoms with E-state index in [0.29, 0.717) is 29.6 Å². The van der Waals surface area contributed by atoms with Crippen LogP contribution in [0.25, 0.3) is 22.3 Å². The molecule has 1 aromatic carbocycles. The van der Waals surface area contributed by atoms with Gasteiger partial charge in [0.25, 0.3) is 11.5 Å². The highest BCUT2D eigenvalue weighted by molar-refractivity contribution is 7.41. The standard InChI is InChI=1S/C35H40N11O9P/c1-4-23-24(14-25(54-23)45-17-39-26-28(37-16-38-29(26)45)41-32(49)20-9-6-5-7-10-20)55-56(51-12-8-11-36)52-15-21-13-22(47)34(53-21)46-18-40-27-30(46)42-35(44-33(27)50)43-31(48)19(2)3/h5-7,9-10,16-19,21-25,34,47H,4,8,12-15H2,1-3H3,(H,37,38,41,49)(H2,42,43,44,48,50)/t21-,22-,23+,24+,25+,34+,56?/m0/s1. The molecule has 21 heteroatoms. The Kier molecular flexibility index (Phi) is 12.0. The summed E-state index contributed by atoms with van der Waals surface area (Å²) in [7, 11) is -2.01. The third kappa shape index (κ3) is 8.44. The summed E-state index contributed by atoms with van der Waals surface area (Å²) in [6.07, 6.45) is 1.55. The number of aliphatic hydroxyl groups excluding tert-OH is 1. The van der Waals surface area contributed by atoms with Gasteiger partial charge in [-0.25, -0.2) is 19.9 Å². The van der Waals surface area contributed by atoms with Gasteiger partial charge in [0.1, 0.15) is 18.7 Å². The number of anilines is 2. The van der Waals surface area contributed by atoms with Crippen molar-refractivity contribution < 1.29 is 37.7 Å². The van der Waals surface area contributed by atoms with Crippen molar-refractivity contribution in [2.75, 3.05) is 23.8 Å². The largest absolute Gasteiger partial charge is 0.388 e. The number of benzene rings is 1. The van der Waals surface area contributed by atoms with E-state index < -0.39 is 44.9 Å². The number of aromatic nitrogens is 8. The first-order valence-corrected chi connectivity index (χ1v) is 19.1. The minimum absolute atomic E-state index is 0.0137. The average Bonchev–Trinajstić information content (AvgIpc) is 3.99. The number of carbonyl (C=O) groups is 2. The van der Waals surface area contributed by atoms with E-state index in [4.69, 9.17) is 28.3 Å². The van der Waals surface area contributed by atoms with Gasteiger partial charge in [-0.3, -0.25) is 33.8 Å². The maximum Gasteiger partial charge on any atom is 0.333 e. The molecule has 0 radical (unpaired) electrons. The smallest absolute Gasteiger partial charge is 0.333 e. The molecule has 7 rings (SSSR count). The molecular weight excluding hydrogens is 749 g/mol. The van der Waals surface area contributed by atoms with Crippen molar-refractivity contribution in [2.45, 2.75) is 83.3 Å². The maximum absolute atomic E-state index is 12.8. The molecule has 4 N–H and O–H groups in total. The second kappa shape index (κ2) is 17.3. The quantitative estimate of drug-likeness (QED) is 0.0871. The minimum atomic E-state index is -2.01. The highest BCUT2D eigenvalue weighted by atomic mass is 31.2. The van der Waals surface area contributed by atoms with E-state index in [1.54, 1.807) is 49.0 Å². The van der Waals surface area contributed by atoms with Gasteiger partial charge in [0.2, 0.25) is 11.9 Å². The van der Waals surface area contributed by atoms with Crippen LogP contribution in [-0.4, -0.2) is 93.6 Å². The monoisotopic (exact) mass is 789 g/mol. The average molecular weight is 790 g/mol. The highest BCUT2D eigenvalue weighted by Crippen LogP contribution is 2.47. The summed E-state index contributed by atoms with van der Waals surface area (Å²) in [6.45, 7) is 5.41. The fraction of sp³-hybridized carbons (Fsp3) is 0.457. The van der Waals surface area contributed by atoms with E-state index in [-0.39, 0.29) is 72.8 Å². The molecule has 2 saturated heterocycles. The normalized spacial score (nSPS) is 22.8. The number of hydrogen-bond acceptors (Lipinski definition) is 15. The Morgan fingerprint density at radius 1 is 1.05 bits per heavy atom. The molecule has 1 unspecified atom stereocenters. The van der Waals surface area contributed by atoms with E-state index in [9.17, 15) is 19.5 Å². The van der Waals surface area contributed by atoms with Crippen molar-refractivity contribution >= 4 is 54.5 Å². The van der Waals surface area contributed by atoms with Gasteiger partial charge in [-0.05, 0) is 18.6 Å². The van der Waals surface area contributed by atoms with Crippen LogP contribution in [0.15, 0.2) is 54.1 Å². The van der Waals surface area contributed by atoms with Gasteiger partial charge in [0.15, 0.2) is 34.4 Å². The van der Waals surface area contributed by atoms with Crippen LogP contribution in [0, 0.1) is 17.2 Å². The van der Waals surface area contributed by atoms with Crippen molar-refractivity contribution in [3.8, 4) is 6.07 Å². The van der Waals surface area contributed by atoms with Crippen molar-refractivity contribution in [1.82, 2.24) is 39.0 Å². The SMILES string of the molecule is CC[C@H]1O[C@@H](n2cnc3c(NC(=O)c4ccccc4)ncnc32)C[C@H]1OP(OCCC#N)OC[C@@H]1C[C@H](O)[C@H](n2cnc3c(=O)[nH]c(NC(=O)C(C)C)nc32)O1. The van der Waals surface area contributed by atoms with Gasteiger partial charge in [-0.15, -0.1) is 0 Å². The van der Waals surface area contributed by atoms with Crippen molar-refractivity contribution in [3.05, 3.63) is 65.2 Å². The van der Waals surface area contributed by atoms with E-state index in [1.807, 2.05) is 19.1 Å². The number of aliphatic hydroxyl groups is 1. The van der Waals surface area contributed by atoms with E-state index in [0.717, 1.165) is 0 Å². The number of amides is 2. The van der Waals surface area contributed by atoms with E-state index >= 15 is 0 Å². The fourth-order valence-corrected chi connectivity index (χ4v) is 7.47. The molecule has 294 valence electrons. The lowest BCUT2D eigenvalue weighted by Gasteiger charge is -2.24. The predicted molar refractivity (Wildman–Crippen MR) is 199 cm³/mol. The van der Waals surface area contributed by atoms with Crippen LogP contribution >= 0.6 is 8.60 Å². The number of hydrogen-bond donors (Lipinski definition) is 4. The molecular formula is C35H40N11O9P. The minimum Gasteiger partial charge on any atom is -0.388 e. The third-order valence-electron chi connectivity index (χ3n) is 9.16. The Labute approximate surface area is 320 Å². The zero-order chi connectivity index (χ0) is 39.3. The van der Waals surface area contributed by atoms with Gasteiger partial charge in [-0.2, -0.15) is 10.2 Å². The molecule has 2 aliphatic rings. The number of imidazole rings is 2. The van der Waals surface area contributed by atoms with E-state index in [2.05, 4.69) is 40.5 Å². The zero-order valence-electron chi connectivity index (χ0n) is 30.6. The Balaban J connectivity index is 1.01. The molecule has 2 aliphatic heterocycles. The topological polar surface area (TPSA) is 256 Å². The number of aromatic amines is 1. The van der Waals surface area contributed by atoms with Gasteiger partial charge < -0.3 is 33.5 Å².